The molecule has 0 radical (unpaired) electrons. The monoisotopic (exact) mass is 1250 g/mol. The molecule has 524 valence electrons. The molecule has 6 heteroatoms. The van der Waals surface area contributed by atoms with Gasteiger partial charge in [-0.25, -0.2) is 0 Å². The second kappa shape index (κ2) is 78.3. The first-order valence-corrected chi connectivity index (χ1v) is 40.4. The Morgan fingerprint density at radius 2 is 0.562 bits per heavy atom. The number of unbranched alkanes of at least 4 members (excludes halogenated alkanes) is 59. The number of allylic oxidation sites excluding steroid dienone is 7. The number of esters is 1. The van der Waals surface area contributed by atoms with E-state index in [0.29, 0.717) is 19.4 Å². The van der Waals surface area contributed by atoms with Gasteiger partial charge >= 0.3 is 5.97 Å². The molecule has 0 heterocycles. The topological polar surface area (TPSA) is 95.9 Å². The van der Waals surface area contributed by atoms with Crippen LogP contribution in [0.25, 0.3) is 0 Å². The van der Waals surface area contributed by atoms with Crippen molar-refractivity contribution in [1.82, 2.24) is 5.32 Å². The first kappa shape index (κ1) is 86.8. The summed E-state index contributed by atoms with van der Waals surface area (Å²) in [7, 11) is 0. The average molecular weight is 1250 g/mol. The number of hydrogen-bond acceptors (Lipinski definition) is 5. The predicted octanol–water partition coefficient (Wildman–Crippen LogP) is 26.8. The molecule has 0 saturated carbocycles. The molecule has 0 saturated heterocycles. The highest BCUT2D eigenvalue weighted by Crippen LogP contribution is 2.19. The molecule has 6 nitrogen and oxygen atoms in total. The van der Waals surface area contributed by atoms with Crippen LogP contribution in [0.1, 0.15) is 444 Å². The van der Waals surface area contributed by atoms with E-state index >= 15 is 0 Å². The lowest BCUT2D eigenvalue weighted by molar-refractivity contribution is -0.143. The van der Waals surface area contributed by atoms with E-state index in [0.717, 1.165) is 51.4 Å². The lowest BCUT2D eigenvalue weighted by Crippen LogP contribution is -2.45. The summed E-state index contributed by atoms with van der Waals surface area (Å²) in [6, 6.07) is -0.627. The third-order valence-electron chi connectivity index (χ3n) is 18.8. The minimum Gasteiger partial charge on any atom is -0.466 e. The van der Waals surface area contributed by atoms with Crippen LogP contribution in [0.3, 0.4) is 0 Å². The Labute approximate surface area is 556 Å². The van der Waals surface area contributed by atoms with E-state index in [1.54, 1.807) is 6.08 Å². The van der Waals surface area contributed by atoms with E-state index in [4.69, 9.17) is 4.74 Å². The summed E-state index contributed by atoms with van der Waals surface area (Å²) in [6.45, 7) is 4.93. The molecule has 0 aromatic carbocycles. The minimum absolute atomic E-state index is 0.0116. The van der Waals surface area contributed by atoms with Gasteiger partial charge in [-0.3, -0.25) is 9.59 Å². The fraction of sp³-hybridized carbons (Fsp3) is 0.880. The summed E-state index contributed by atoms with van der Waals surface area (Å²) in [5.41, 5.74) is 0. The number of rotatable bonds is 76. The molecule has 89 heavy (non-hydrogen) atoms. The second-order valence-electron chi connectivity index (χ2n) is 27.7. The second-order valence-corrected chi connectivity index (χ2v) is 27.7. The van der Waals surface area contributed by atoms with Crippen LogP contribution in [0.4, 0.5) is 0 Å². The maximum atomic E-state index is 12.5. The number of aliphatic hydroxyl groups excluding tert-OH is 2. The van der Waals surface area contributed by atoms with Crippen LogP contribution in [-0.2, 0) is 14.3 Å². The van der Waals surface area contributed by atoms with Gasteiger partial charge < -0.3 is 20.3 Å². The fourth-order valence-electron chi connectivity index (χ4n) is 12.7. The number of aliphatic hydroxyl groups is 2. The van der Waals surface area contributed by atoms with E-state index in [1.807, 2.05) is 6.08 Å². The van der Waals surface area contributed by atoms with E-state index in [-0.39, 0.29) is 18.5 Å². The van der Waals surface area contributed by atoms with E-state index < -0.39 is 12.1 Å². The Morgan fingerprint density at radius 1 is 0.315 bits per heavy atom. The van der Waals surface area contributed by atoms with E-state index in [2.05, 4.69) is 55.6 Å². The molecule has 1 amide bonds. The molecule has 0 spiro atoms. The highest BCUT2D eigenvalue weighted by atomic mass is 16.5. The highest BCUT2D eigenvalue weighted by Gasteiger charge is 2.18. The van der Waals surface area contributed by atoms with Crippen LogP contribution in [-0.4, -0.2) is 47.4 Å². The number of carbonyl (C=O) groups is 2. The largest absolute Gasteiger partial charge is 0.466 e. The first-order valence-electron chi connectivity index (χ1n) is 40.4. The molecule has 0 aliphatic heterocycles. The van der Waals surface area contributed by atoms with E-state index in [9.17, 15) is 19.8 Å². The molecular weight excluding hydrogens is 1090 g/mol. The molecule has 0 aromatic rings. The molecule has 0 aliphatic carbocycles. The maximum Gasteiger partial charge on any atom is 0.305 e. The zero-order chi connectivity index (χ0) is 64.2. The van der Waals surface area contributed by atoms with Gasteiger partial charge in [-0.2, -0.15) is 0 Å². The molecular formula is C83H157NO5. The summed E-state index contributed by atoms with van der Waals surface area (Å²) < 4.78 is 5.51. The highest BCUT2D eigenvalue weighted by molar-refractivity contribution is 5.76. The van der Waals surface area contributed by atoms with Crippen molar-refractivity contribution in [1.29, 1.82) is 0 Å². The van der Waals surface area contributed by atoms with Crippen LogP contribution in [0.5, 0.6) is 0 Å². The van der Waals surface area contributed by atoms with Crippen LogP contribution in [0, 0.1) is 0 Å². The zero-order valence-corrected chi connectivity index (χ0v) is 60.2. The summed E-state index contributed by atoms with van der Waals surface area (Å²) in [4.78, 5) is 24.7. The van der Waals surface area contributed by atoms with Gasteiger partial charge in [0.1, 0.15) is 0 Å². The molecule has 2 atom stereocenters. The summed E-state index contributed by atoms with van der Waals surface area (Å²) in [5.74, 6) is -0.0491. The summed E-state index contributed by atoms with van der Waals surface area (Å²) >= 11 is 0. The minimum atomic E-state index is -0.844. The van der Waals surface area contributed by atoms with Crippen LogP contribution < -0.4 is 5.32 Å². The van der Waals surface area contributed by atoms with Gasteiger partial charge in [-0.1, -0.05) is 390 Å². The molecule has 0 bridgehead atoms. The summed E-state index contributed by atoms with van der Waals surface area (Å²) in [6.07, 6.45) is 104. The van der Waals surface area contributed by atoms with Crippen LogP contribution in [0.15, 0.2) is 48.6 Å². The number of nitrogens with one attached hydrogen (secondary N) is 1. The third kappa shape index (κ3) is 74.7. The lowest BCUT2D eigenvalue weighted by atomic mass is 10.0. The quantitative estimate of drug-likeness (QED) is 0.0320. The van der Waals surface area contributed by atoms with E-state index in [1.165, 1.54) is 366 Å². The Bertz CT molecular complexity index is 1490. The van der Waals surface area contributed by atoms with Gasteiger partial charge in [0, 0.05) is 12.8 Å². The van der Waals surface area contributed by atoms with Crippen molar-refractivity contribution in [3.05, 3.63) is 48.6 Å². The van der Waals surface area contributed by atoms with Crippen molar-refractivity contribution in [3.63, 3.8) is 0 Å². The number of hydrogen-bond donors (Lipinski definition) is 3. The van der Waals surface area contributed by atoms with Gasteiger partial charge in [0.25, 0.3) is 0 Å². The standard InChI is InChI=1S/C83H157NO5/c1-3-5-7-9-11-13-15-17-19-21-23-37-40-43-47-51-55-59-63-67-71-75-81(86)80(79-85)84-82(87)76-72-68-64-60-56-52-48-44-41-38-35-33-31-29-27-25-24-26-28-30-32-34-36-39-42-46-50-54-58-62-66-70-74-78-89-83(88)77-73-69-65-61-57-53-49-45-22-20-18-16-14-12-10-8-6-4-2/h14,16,20,22,28,30,71,75,80-81,85-86H,3-13,15,17-19,21,23-27,29,31-70,72-74,76-79H2,1-2H3,(H,84,87)/b16-14-,22-20-,30-28-,75-71+. The average Bonchev–Trinajstić information content (AvgIpc) is 3.55. The van der Waals surface area contributed by atoms with Crippen molar-refractivity contribution < 1.29 is 24.5 Å². The van der Waals surface area contributed by atoms with Crippen molar-refractivity contribution in [2.75, 3.05) is 13.2 Å². The molecule has 2 unspecified atom stereocenters. The Hall–Kier alpha value is -2.18. The van der Waals surface area contributed by atoms with Crippen molar-refractivity contribution >= 4 is 11.9 Å². The molecule has 0 fully saturated rings. The number of ether oxygens (including phenoxy) is 1. The smallest absolute Gasteiger partial charge is 0.305 e. The molecule has 0 aromatic heterocycles. The molecule has 0 rings (SSSR count). The number of amides is 1. The van der Waals surface area contributed by atoms with Crippen LogP contribution >= 0.6 is 0 Å². The Morgan fingerprint density at radius 3 is 0.876 bits per heavy atom. The van der Waals surface area contributed by atoms with Gasteiger partial charge in [-0.05, 0) is 89.9 Å². The maximum absolute atomic E-state index is 12.5. The van der Waals surface area contributed by atoms with Crippen molar-refractivity contribution in [3.8, 4) is 0 Å². The zero-order valence-electron chi connectivity index (χ0n) is 60.2. The van der Waals surface area contributed by atoms with Crippen molar-refractivity contribution in [2.45, 2.75) is 456 Å². The molecule has 0 aliphatic rings. The SMILES string of the molecule is CCCCCC/C=C\C/C=C\CCCCCCCCCC(=O)OCCCCCCCCCCCCCC/C=C\CCCCCCCCCCCCCCCCCCCC(=O)NC(CO)C(O)/C=C/CCCCCCCCCCCCCCCCCCCCC. The van der Waals surface area contributed by atoms with Gasteiger partial charge in [0.05, 0.1) is 25.4 Å². The first-order chi connectivity index (χ1) is 44.0. The normalized spacial score (nSPS) is 12.7. The molecule has 3 N–H and O–H groups in total. The Kier molecular flexibility index (Phi) is 76.3. The third-order valence-corrected chi connectivity index (χ3v) is 18.8. The van der Waals surface area contributed by atoms with Crippen molar-refractivity contribution in [2.24, 2.45) is 0 Å². The lowest BCUT2D eigenvalue weighted by Gasteiger charge is -2.20. The van der Waals surface area contributed by atoms with Gasteiger partial charge in [0.15, 0.2) is 0 Å². The summed E-state index contributed by atoms with van der Waals surface area (Å²) in [5, 5.41) is 23.3. The van der Waals surface area contributed by atoms with Gasteiger partial charge in [-0.15, -0.1) is 0 Å². The Balaban J connectivity index is 3.37. The van der Waals surface area contributed by atoms with Gasteiger partial charge in [0.2, 0.25) is 5.91 Å². The fourth-order valence-corrected chi connectivity index (χ4v) is 12.7. The number of carbonyl (C=O) groups excluding carboxylic acids is 2. The predicted molar refractivity (Wildman–Crippen MR) is 393 cm³/mol. The van der Waals surface area contributed by atoms with Crippen LogP contribution in [0.2, 0.25) is 0 Å².